The molecule has 3 heterocycles. The Morgan fingerprint density at radius 3 is 1.61 bits per heavy atom. The number of nitrogens with zero attached hydrogens (tertiary/aromatic N) is 7. The summed E-state index contributed by atoms with van der Waals surface area (Å²) in [5, 5.41) is 34.4. The van der Waals surface area contributed by atoms with Gasteiger partial charge in [-0.25, -0.2) is 9.97 Å². The summed E-state index contributed by atoms with van der Waals surface area (Å²) in [7, 11) is 0. The second kappa shape index (κ2) is 10.2. The number of nitriles is 3. The van der Waals surface area contributed by atoms with Gasteiger partial charge in [0, 0.05) is 32.8 Å². The molecule has 0 spiro atoms. The van der Waals surface area contributed by atoms with Crippen molar-refractivity contribution < 1.29 is 0 Å². The highest BCUT2D eigenvalue weighted by atomic mass is 15.0. The molecule has 0 saturated carbocycles. The number of hydrogen-bond donors (Lipinski definition) is 0. The molecule has 0 unspecified atom stereocenters. The van der Waals surface area contributed by atoms with E-state index in [2.05, 4.69) is 50.5 Å². The van der Waals surface area contributed by atoms with Gasteiger partial charge in [0.25, 0.3) is 0 Å². The molecule has 0 aliphatic heterocycles. The maximum absolute atomic E-state index is 10.7. The second-order valence-electron chi connectivity index (χ2n) is 11.3. The Labute approximate surface area is 264 Å². The minimum atomic E-state index is 0.452. The summed E-state index contributed by atoms with van der Waals surface area (Å²) in [5.41, 5.74) is 8.87. The van der Waals surface area contributed by atoms with E-state index >= 15 is 0 Å². The largest absolute Gasteiger partial charge is 0.308 e. The number of benzene rings is 5. The molecule has 0 aliphatic carbocycles. The summed E-state index contributed by atoms with van der Waals surface area (Å²) in [5.74, 6) is 0.636. The summed E-state index contributed by atoms with van der Waals surface area (Å²) in [4.78, 5) is 9.43. The number of fused-ring (bicyclic) bond motifs is 6. The number of hydrogen-bond acceptors (Lipinski definition) is 5. The summed E-state index contributed by atoms with van der Waals surface area (Å²) in [6, 6.07) is 40.5. The standard InChI is InChI=1S/C39H23N7/c1-23-15-33(44-24(2)43-23)32-19-36(45-34-9-5-3-7-28(34)30-13-11-25(20-40)16-37(30)45)27(22-42)18-39(32)46-35-10-6-4-8-29(35)31-14-12-26(21-41)17-38(31)46/h3-19H,1-2H3. The molecule has 0 N–H and O–H groups in total. The van der Waals surface area contributed by atoms with Crippen LogP contribution in [0.4, 0.5) is 0 Å². The van der Waals surface area contributed by atoms with E-state index in [0.29, 0.717) is 33.9 Å². The molecule has 46 heavy (non-hydrogen) atoms. The molecule has 8 aromatic rings. The molecule has 5 aromatic carbocycles. The maximum atomic E-state index is 10.7. The van der Waals surface area contributed by atoms with E-state index < -0.39 is 0 Å². The Balaban J connectivity index is 1.56. The second-order valence-corrected chi connectivity index (χ2v) is 11.3. The first-order chi connectivity index (χ1) is 22.5. The van der Waals surface area contributed by atoms with Crippen molar-refractivity contribution >= 4 is 43.6 Å². The van der Waals surface area contributed by atoms with Crippen LogP contribution < -0.4 is 0 Å². The van der Waals surface area contributed by atoms with Gasteiger partial charge >= 0.3 is 0 Å². The lowest BCUT2D eigenvalue weighted by atomic mass is 10.0. The predicted octanol–water partition coefficient (Wildman–Crippen LogP) is 8.57. The predicted molar refractivity (Wildman–Crippen MR) is 180 cm³/mol. The topological polar surface area (TPSA) is 107 Å². The van der Waals surface area contributed by atoms with Crippen LogP contribution in [-0.2, 0) is 0 Å². The lowest BCUT2D eigenvalue weighted by molar-refractivity contribution is 1.01. The van der Waals surface area contributed by atoms with Gasteiger partial charge in [-0.3, -0.25) is 0 Å². The van der Waals surface area contributed by atoms with Crippen LogP contribution in [0.2, 0.25) is 0 Å². The Bertz CT molecular complexity index is 2690. The molecule has 0 amide bonds. The maximum Gasteiger partial charge on any atom is 0.126 e. The smallest absolute Gasteiger partial charge is 0.126 e. The van der Waals surface area contributed by atoms with Crippen LogP contribution in [0.25, 0.3) is 66.2 Å². The van der Waals surface area contributed by atoms with E-state index in [1.54, 1.807) is 0 Å². The van der Waals surface area contributed by atoms with Crippen molar-refractivity contribution in [2.24, 2.45) is 0 Å². The lowest BCUT2D eigenvalue weighted by Gasteiger charge is -2.18. The van der Waals surface area contributed by atoms with Crippen molar-refractivity contribution in [2.45, 2.75) is 13.8 Å². The van der Waals surface area contributed by atoms with Crippen molar-refractivity contribution in [3.05, 3.63) is 131 Å². The fraction of sp³-hybridized carbons (Fsp3) is 0.0513. The van der Waals surface area contributed by atoms with Crippen molar-refractivity contribution in [3.8, 4) is 40.8 Å². The highest BCUT2D eigenvalue weighted by Gasteiger charge is 2.22. The lowest BCUT2D eigenvalue weighted by Crippen LogP contribution is -2.05. The zero-order chi connectivity index (χ0) is 31.5. The van der Waals surface area contributed by atoms with Crippen LogP contribution in [0.15, 0.2) is 103 Å². The molecular formula is C39H23N7. The third-order valence-electron chi connectivity index (χ3n) is 8.56. The van der Waals surface area contributed by atoms with Crippen molar-refractivity contribution in [1.29, 1.82) is 15.8 Å². The first-order valence-corrected chi connectivity index (χ1v) is 14.8. The van der Waals surface area contributed by atoms with E-state index in [-0.39, 0.29) is 0 Å². The number of aryl methyl sites for hydroxylation is 2. The molecule has 0 radical (unpaired) electrons. The summed E-state index contributed by atoms with van der Waals surface area (Å²) in [6.07, 6.45) is 0. The number of para-hydroxylation sites is 2. The molecule has 0 fully saturated rings. The summed E-state index contributed by atoms with van der Waals surface area (Å²) >= 11 is 0. The van der Waals surface area contributed by atoms with Crippen molar-refractivity contribution in [1.82, 2.24) is 19.1 Å². The zero-order valence-corrected chi connectivity index (χ0v) is 24.9. The Hall–Kier alpha value is -6.75. The molecule has 0 saturated heterocycles. The van der Waals surface area contributed by atoms with Crippen LogP contribution in [0.5, 0.6) is 0 Å². The van der Waals surface area contributed by atoms with Gasteiger partial charge in [-0.05, 0) is 68.4 Å². The average molecular weight is 590 g/mol. The normalized spacial score (nSPS) is 11.2. The minimum Gasteiger partial charge on any atom is -0.308 e. The molecule has 7 heteroatoms. The third kappa shape index (κ3) is 3.95. The summed E-state index contributed by atoms with van der Waals surface area (Å²) < 4.78 is 4.19. The van der Waals surface area contributed by atoms with E-state index in [0.717, 1.165) is 60.6 Å². The van der Waals surface area contributed by atoms with Crippen LogP contribution in [-0.4, -0.2) is 19.1 Å². The Morgan fingerprint density at radius 2 is 1.07 bits per heavy atom. The van der Waals surface area contributed by atoms with Gasteiger partial charge in [0.05, 0.1) is 68.0 Å². The molecule has 7 nitrogen and oxygen atoms in total. The molecule has 0 aliphatic rings. The fourth-order valence-electron chi connectivity index (χ4n) is 6.70. The molecule has 8 rings (SSSR count). The zero-order valence-electron chi connectivity index (χ0n) is 24.9. The average Bonchev–Trinajstić information content (AvgIpc) is 3.59. The van der Waals surface area contributed by atoms with E-state index in [9.17, 15) is 15.8 Å². The van der Waals surface area contributed by atoms with Gasteiger partial charge < -0.3 is 9.13 Å². The van der Waals surface area contributed by atoms with Gasteiger partial charge in [-0.15, -0.1) is 0 Å². The third-order valence-corrected chi connectivity index (χ3v) is 8.56. The Kier molecular flexibility index (Phi) is 5.93. The van der Waals surface area contributed by atoms with Crippen molar-refractivity contribution in [2.75, 3.05) is 0 Å². The fourth-order valence-corrected chi connectivity index (χ4v) is 6.70. The molecule has 0 atom stereocenters. The molecular weight excluding hydrogens is 566 g/mol. The van der Waals surface area contributed by atoms with E-state index in [1.165, 1.54) is 0 Å². The quantitative estimate of drug-likeness (QED) is 0.205. The van der Waals surface area contributed by atoms with Gasteiger partial charge in [0.1, 0.15) is 11.9 Å². The number of aromatic nitrogens is 4. The van der Waals surface area contributed by atoms with Gasteiger partial charge in [-0.2, -0.15) is 15.8 Å². The van der Waals surface area contributed by atoms with Gasteiger partial charge in [0.15, 0.2) is 0 Å². The Morgan fingerprint density at radius 1 is 0.522 bits per heavy atom. The van der Waals surface area contributed by atoms with Gasteiger partial charge in [0.2, 0.25) is 0 Å². The van der Waals surface area contributed by atoms with E-state index in [1.807, 2.05) is 98.8 Å². The van der Waals surface area contributed by atoms with E-state index in [4.69, 9.17) is 4.98 Å². The number of rotatable bonds is 3. The SMILES string of the molecule is Cc1cc(-c2cc(-n3c4ccccc4c4ccc(C#N)cc43)c(C#N)cc2-n2c3ccccc3c3ccc(C#N)cc32)nc(C)n1. The molecule has 3 aromatic heterocycles. The molecule has 0 bridgehead atoms. The van der Waals surface area contributed by atoms with Crippen LogP contribution in [0, 0.1) is 47.8 Å². The summed E-state index contributed by atoms with van der Waals surface area (Å²) in [6.45, 7) is 3.81. The van der Waals surface area contributed by atoms with Crippen molar-refractivity contribution in [3.63, 3.8) is 0 Å². The monoisotopic (exact) mass is 589 g/mol. The van der Waals surface area contributed by atoms with Crippen LogP contribution in [0.1, 0.15) is 28.2 Å². The first-order valence-electron chi connectivity index (χ1n) is 14.8. The van der Waals surface area contributed by atoms with Gasteiger partial charge in [-0.1, -0.05) is 48.5 Å². The minimum absolute atomic E-state index is 0.452. The first kappa shape index (κ1) is 26.8. The highest BCUT2D eigenvalue weighted by Crippen LogP contribution is 2.40. The molecule has 214 valence electrons. The van der Waals surface area contributed by atoms with Crippen LogP contribution in [0.3, 0.4) is 0 Å². The highest BCUT2D eigenvalue weighted by molar-refractivity contribution is 6.11. The van der Waals surface area contributed by atoms with Crippen LogP contribution >= 0.6 is 0 Å².